The summed E-state index contributed by atoms with van der Waals surface area (Å²) in [5, 5.41) is 11.8. The van der Waals surface area contributed by atoms with Gasteiger partial charge in [0, 0.05) is 19.0 Å². The second-order valence-electron chi connectivity index (χ2n) is 4.08. The van der Waals surface area contributed by atoms with Gasteiger partial charge in [0.1, 0.15) is 11.4 Å². The summed E-state index contributed by atoms with van der Waals surface area (Å²) in [5.41, 5.74) is 1.45. The van der Waals surface area contributed by atoms with E-state index in [4.69, 9.17) is 0 Å². The van der Waals surface area contributed by atoms with Gasteiger partial charge >= 0.3 is 0 Å². The molecule has 0 radical (unpaired) electrons. The van der Waals surface area contributed by atoms with Crippen LogP contribution in [0.25, 0.3) is 0 Å². The molecule has 0 unspecified atom stereocenters. The van der Waals surface area contributed by atoms with Gasteiger partial charge in [-0.15, -0.1) is 11.3 Å². The van der Waals surface area contributed by atoms with Gasteiger partial charge in [-0.05, 0) is 24.6 Å². The maximum atomic E-state index is 12.0. The van der Waals surface area contributed by atoms with E-state index in [1.54, 1.807) is 41.6 Å². The lowest BCUT2D eigenvalue weighted by atomic mass is 10.2. The number of hydrogen-bond donors (Lipinski definition) is 1. The van der Waals surface area contributed by atoms with Crippen LogP contribution < -0.4 is 0 Å². The summed E-state index contributed by atoms with van der Waals surface area (Å²) in [6.45, 7) is 2.37. The monoisotopic (exact) mass is 262 g/mol. The summed E-state index contributed by atoms with van der Waals surface area (Å²) in [7, 11) is 1.74. The number of carbonyl (C=O) groups excluding carboxylic acids is 1. The number of thiazole rings is 1. The molecule has 0 saturated carbocycles. The second kappa shape index (κ2) is 5.18. The van der Waals surface area contributed by atoms with Crippen molar-refractivity contribution >= 4 is 17.2 Å². The molecule has 0 aliphatic rings. The molecule has 0 bridgehead atoms. The largest absolute Gasteiger partial charge is 0.508 e. The van der Waals surface area contributed by atoms with Crippen molar-refractivity contribution in [3.05, 3.63) is 45.9 Å². The summed E-state index contributed by atoms with van der Waals surface area (Å²) in [5.74, 6) is 0.135. The highest BCUT2D eigenvalue weighted by Crippen LogP contribution is 2.14. The Morgan fingerprint density at radius 2 is 2.06 bits per heavy atom. The van der Waals surface area contributed by atoms with E-state index in [0.29, 0.717) is 12.2 Å². The predicted octanol–water partition coefficient (Wildman–Crippen LogP) is 2.43. The van der Waals surface area contributed by atoms with Crippen LogP contribution in [0.4, 0.5) is 0 Å². The number of amides is 1. The smallest absolute Gasteiger partial charge is 0.273 e. The number of aromatic hydroxyl groups is 1. The first-order valence-corrected chi connectivity index (χ1v) is 6.40. The van der Waals surface area contributed by atoms with Crippen molar-refractivity contribution in [1.82, 2.24) is 9.88 Å². The number of phenols is 1. The summed E-state index contributed by atoms with van der Waals surface area (Å²) >= 11 is 1.47. The summed E-state index contributed by atoms with van der Waals surface area (Å²) in [4.78, 5) is 17.8. The maximum Gasteiger partial charge on any atom is 0.273 e. The number of nitrogens with zero attached hydrogens (tertiary/aromatic N) is 2. The Kier molecular flexibility index (Phi) is 3.62. The molecule has 5 heteroatoms. The minimum atomic E-state index is -0.0903. The quantitative estimate of drug-likeness (QED) is 0.924. The van der Waals surface area contributed by atoms with Crippen molar-refractivity contribution in [3.63, 3.8) is 0 Å². The van der Waals surface area contributed by atoms with E-state index in [0.717, 1.165) is 10.6 Å². The van der Waals surface area contributed by atoms with Crippen LogP contribution in [0.15, 0.2) is 29.6 Å². The molecule has 0 aliphatic heterocycles. The predicted molar refractivity (Wildman–Crippen MR) is 70.8 cm³/mol. The van der Waals surface area contributed by atoms with Crippen LogP contribution in [-0.2, 0) is 6.54 Å². The van der Waals surface area contributed by atoms with E-state index in [1.807, 2.05) is 6.92 Å². The van der Waals surface area contributed by atoms with Crippen molar-refractivity contribution in [3.8, 4) is 5.75 Å². The van der Waals surface area contributed by atoms with Crippen LogP contribution >= 0.6 is 11.3 Å². The lowest BCUT2D eigenvalue weighted by Crippen LogP contribution is -2.26. The standard InChI is InChI=1S/C13H14N2O2S/c1-9-14-12(8-18-9)13(17)15(2)7-10-3-5-11(16)6-4-10/h3-6,8,16H,7H2,1-2H3. The lowest BCUT2D eigenvalue weighted by molar-refractivity contribution is 0.0780. The molecule has 1 aromatic carbocycles. The molecule has 1 aromatic heterocycles. The molecule has 2 rings (SSSR count). The molecular weight excluding hydrogens is 248 g/mol. The SMILES string of the molecule is Cc1nc(C(=O)N(C)Cc2ccc(O)cc2)cs1. The number of carbonyl (C=O) groups is 1. The number of aromatic nitrogens is 1. The van der Waals surface area contributed by atoms with Gasteiger partial charge in [-0.25, -0.2) is 4.98 Å². The highest BCUT2D eigenvalue weighted by atomic mass is 32.1. The first kappa shape index (κ1) is 12.6. The van der Waals surface area contributed by atoms with Crippen LogP contribution in [-0.4, -0.2) is 27.9 Å². The lowest BCUT2D eigenvalue weighted by Gasteiger charge is -2.15. The molecule has 4 nitrogen and oxygen atoms in total. The van der Waals surface area contributed by atoms with Gasteiger partial charge in [0.15, 0.2) is 0 Å². The molecule has 0 saturated heterocycles. The highest BCUT2D eigenvalue weighted by molar-refractivity contribution is 7.09. The fourth-order valence-corrected chi connectivity index (χ4v) is 2.19. The Morgan fingerprint density at radius 1 is 1.39 bits per heavy atom. The molecule has 0 aliphatic carbocycles. The second-order valence-corrected chi connectivity index (χ2v) is 5.14. The minimum Gasteiger partial charge on any atom is -0.508 e. The van der Waals surface area contributed by atoms with E-state index in [1.165, 1.54) is 11.3 Å². The van der Waals surface area contributed by atoms with Crippen LogP contribution in [0, 0.1) is 6.92 Å². The topological polar surface area (TPSA) is 53.4 Å². The van der Waals surface area contributed by atoms with Gasteiger partial charge in [-0.3, -0.25) is 4.79 Å². The van der Waals surface area contributed by atoms with Crippen molar-refractivity contribution in [2.75, 3.05) is 7.05 Å². The molecule has 94 valence electrons. The molecule has 1 amide bonds. The fourth-order valence-electron chi connectivity index (χ4n) is 1.60. The Morgan fingerprint density at radius 3 is 2.61 bits per heavy atom. The third-order valence-corrected chi connectivity index (χ3v) is 3.31. The summed E-state index contributed by atoms with van der Waals surface area (Å²) < 4.78 is 0. The molecule has 0 fully saturated rings. The zero-order chi connectivity index (χ0) is 13.1. The maximum absolute atomic E-state index is 12.0. The number of rotatable bonds is 3. The van der Waals surface area contributed by atoms with Gasteiger partial charge in [-0.2, -0.15) is 0 Å². The third-order valence-electron chi connectivity index (χ3n) is 2.54. The molecule has 0 atom stereocenters. The van der Waals surface area contributed by atoms with Crippen molar-refractivity contribution in [2.45, 2.75) is 13.5 Å². The van der Waals surface area contributed by atoms with Gasteiger partial charge in [0.25, 0.3) is 5.91 Å². The van der Waals surface area contributed by atoms with Crippen molar-refractivity contribution in [1.29, 1.82) is 0 Å². The third kappa shape index (κ3) is 2.87. The first-order chi connectivity index (χ1) is 8.56. The van der Waals surface area contributed by atoms with Crippen molar-refractivity contribution < 1.29 is 9.90 Å². The zero-order valence-electron chi connectivity index (χ0n) is 10.3. The Hall–Kier alpha value is -1.88. The van der Waals surface area contributed by atoms with Crippen LogP contribution in [0.2, 0.25) is 0 Å². The number of hydrogen-bond acceptors (Lipinski definition) is 4. The van der Waals surface area contributed by atoms with E-state index in [2.05, 4.69) is 4.98 Å². The normalized spacial score (nSPS) is 10.3. The van der Waals surface area contributed by atoms with Gasteiger partial charge in [0.2, 0.25) is 0 Å². The molecule has 0 spiro atoms. The Bertz CT molecular complexity index is 548. The van der Waals surface area contributed by atoms with Crippen LogP contribution in [0.1, 0.15) is 21.1 Å². The van der Waals surface area contributed by atoms with Crippen LogP contribution in [0.5, 0.6) is 5.75 Å². The van der Waals surface area contributed by atoms with Crippen LogP contribution in [0.3, 0.4) is 0 Å². The Balaban J connectivity index is 2.05. The Labute approximate surface area is 110 Å². The van der Waals surface area contributed by atoms with E-state index in [9.17, 15) is 9.90 Å². The number of aryl methyl sites for hydroxylation is 1. The molecular formula is C13H14N2O2S. The number of phenolic OH excluding ortho intramolecular Hbond substituents is 1. The van der Waals surface area contributed by atoms with E-state index < -0.39 is 0 Å². The summed E-state index contributed by atoms with van der Waals surface area (Å²) in [6, 6.07) is 6.82. The van der Waals surface area contributed by atoms with E-state index >= 15 is 0 Å². The molecule has 2 aromatic rings. The van der Waals surface area contributed by atoms with Gasteiger partial charge < -0.3 is 10.0 Å². The van der Waals surface area contributed by atoms with Gasteiger partial charge in [0.05, 0.1) is 5.01 Å². The fraction of sp³-hybridized carbons (Fsp3) is 0.231. The molecule has 18 heavy (non-hydrogen) atoms. The average Bonchev–Trinajstić information content (AvgIpc) is 2.78. The van der Waals surface area contributed by atoms with E-state index in [-0.39, 0.29) is 11.7 Å². The zero-order valence-corrected chi connectivity index (χ0v) is 11.1. The number of benzene rings is 1. The first-order valence-electron chi connectivity index (χ1n) is 5.52. The van der Waals surface area contributed by atoms with Crippen molar-refractivity contribution in [2.24, 2.45) is 0 Å². The average molecular weight is 262 g/mol. The molecule has 1 heterocycles. The minimum absolute atomic E-state index is 0.0903. The molecule has 1 N–H and O–H groups in total. The van der Waals surface area contributed by atoms with Gasteiger partial charge in [-0.1, -0.05) is 12.1 Å². The highest BCUT2D eigenvalue weighted by Gasteiger charge is 2.14. The summed E-state index contributed by atoms with van der Waals surface area (Å²) in [6.07, 6.45) is 0.